The summed E-state index contributed by atoms with van der Waals surface area (Å²) in [6, 6.07) is 2.93. The minimum absolute atomic E-state index is 0.185. The van der Waals surface area contributed by atoms with Gasteiger partial charge in [0.2, 0.25) is 0 Å². The lowest BCUT2D eigenvalue weighted by atomic mass is 10.2. The summed E-state index contributed by atoms with van der Waals surface area (Å²) in [5.41, 5.74) is 6.23. The number of hydrogen-bond donors (Lipinski definition) is 1. The van der Waals surface area contributed by atoms with E-state index in [1.807, 2.05) is 6.92 Å². The van der Waals surface area contributed by atoms with E-state index in [4.69, 9.17) is 31.5 Å². The molecule has 0 bridgehead atoms. The Balaban J connectivity index is 2.63. The smallest absolute Gasteiger partial charge is 0.342 e. The molecule has 2 N–H and O–H groups in total. The van der Waals surface area contributed by atoms with Crippen LogP contribution in [0.25, 0.3) is 0 Å². The highest BCUT2D eigenvalue weighted by atomic mass is 35.5. The molecule has 0 aliphatic heterocycles. The number of hydrogen-bond acceptors (Lipinski definition) is 5. The maximum Gasteiger partial charge on any atom is 0.342 e. The third-order valence-corrected chi connectivity index (χ3v) is 2.68. The Morgan fingerprint density at radius 3 is 2.68 bits per heavy atom. The van der Waals surface area contributed by atoms with E-state index in [0.717, 1.165) is 6.42 Å². The van der Waals surface area contributed by atoms with Crippen molar-refractivity contribution in [1.82, 2.24) is 0 Å². The summed E-state index contributed by atoms with van der Waals surface area (Å²) in [7, 11) is 1.45. The van der Waals surface area contributed by atoms with E-state index in [1.165, 1.54) is 19.2 Å². The van der Waals surface area contributed by atoms with Crippen LogP contribution in [0.15, 0.2) is 12.1 Å². The summed E-state index contributed by atoms with van der Waals surface area (Å²) < 4.78 is 15.4. The Labute approximate surface area is 117 Å². The van der Waals surface area contributed by atoms with Crippen LogP contribution in [0.1, 0.15) is 23.7 Å². The molecular formula is C13H18ClNO4. The number of methoxy groups -OCH3 is 1. The largest absolute Gasteiger partial charge is 0.496 e. The first-order valence-corrected chi connectivity index (χ1v) is 6.35. The fourth-order valence-corrected chi connectivity index (χ4v) is 1.58. The molecule has 0 aromatic heterocycles. The van der Waals surface area contributed by atoms with Gasteiger partial charge in [-0.3, -0.25) is 0 Å². The van der Waals surface area contributed by atoms with Gasteiger partial charge < -0.3 is 19.9 Å². The number of halogens is 1. The van der Waals surface area contributed by atoms with Crippen molar-refractivity contribution in [3.63, 3.8) is 0 Å². The molecule has 0 heterocycles. The van der Waals surface area contributed by atoms with Crippen LogP contribution in [-0.4, -0.2) is 32.9 Å². The van der Waals surface area contributed by atoms with E-state index >= 15 is 0 Å². The highest BCUT2D eigenvalue weighted by Gasteiger charge is 2.16. The first-order chi connectivity index (χ1) is 9.10. The zero-order valence-electron chi connectivity index (χ0n) is 11.1. The van der Waals surface area contributed by atoms with Gasteiger partial charge >= 0.3 is 5.97 Å². The normalized spacial score (nSPS) is 10.3. The van der Waals surface area contributed by atoms with Gasteiger partial charge in [0.25, 0.3) is 0 Å². The van der Waals surface area contributed by atoms with Crippen molar-refractivity contribution in [2.45, 2.75) is 13.3 Å². The van der Waals surface area contributed by atoms with Crippen LogP contribution in [0, 0.1) is 0 Å². The molecule has 0 atom stereocenters. The molecule has 106 valence electrons. The molecule has 5 nitrogen and oxygen atoms in total. The minimum Gasteiger partial charge on any atom is -0.496 e. The lowest BCUT2D eigenvalue weighted by Crippen LogP contribution is -2.12. The van der Waals surface area contributed by atoms with E-state index < -0.39 is 5.97 Å². The van der Waals surface area contributed by atoms with Crippen LogP contribution in [0.4, 0.5) is 5.69 Å². The second-order valence-corrected chi connectivity index (χ2v) is 4.23. The molecule has 0 amide bonds. The van der Waals surface area contributed by atoms with Crippen LogP contribution in [0.2, 0.25) is 5.02 Å². The fourth-order valence-electron chi connectivity index (χ4n) is 1.41. The van der Waals surface area contributed by atoms with Crippen molar-refractivity contribution in [2.24, 2.45) is 0 Å². The molecule has 0 spiro atoms. The number of carbonyl (C=O) groups is 1. The Bertz CT molecular complexity index is 437. The lowest BCUT2D eigenvalue weighted by Gasteiger charge is -2.10. The minimum atomic E-state index is -0.515. The summed E-state index contributed by atoms with van der Waals surface area (Å²) in [5, 5.41) is 0.287. The van der Waals surface area contributed by atoms with Crippen LogP contribution in [0.5, 0.6) is 5.75 Å². The van der Waals surface area contributed by atoms with Crippen LogP contribution >= 0.6 is 11.6 Å². The van der Waals surface area contributed by atoms with E-state index in [9.17, 15) is 4.79 Å². The fraction of sp³-hybridized carbons (Fsp3) is 0.462. The number of carbonyl (C=O) groups excluding carboxylic acids is 1. The van der Waals surface area contributed by atoms with Gasteiger partial charge in [-0.15, -0.1) is 0 Å². The van der Waals surface area contributed by atoms with Crippen LogP contribution in [-0.2, 0) is 9.47 Å². The zero-order valence-corrected chi connectivity index (χ0v) is 11.8. The molecule has 0 aliphatic rings. The third kappa shape index (κ3) is 4.61. The van der Waals surface area contributed by atoms with Gasteiger partial charge in [0.15, 0.2) is 0 Å². The van der Waals surface area contributed by atoms with E-state index in [2.05, 4.69) is 0 Å². The highest BCUT2D eigenvalue weighted by Crippen LogP contribution is 2.29. The maximum absolute atomic E-state index is 11.9. The number of esters is 1. The summed E-state index contributed by atoms with van der Waals surface area (Å²) >= 11 is 5.88. The van der Waals surface area contributed by atoms with E-state index in [0.29, 0.717) is 24.7 Å². The number of anilines is 1. The van der Waals surface area contributed by atoms with E-state index in [-0.39, 0.29) is 17.2 Å². The number of ether oxygens (including phenoxy) is 3. The number of nitrogens with two attached hydrogens (primary N) is 1. The highest BCUT2D eigenvalue weighted by molar-refractivity contribution is 6.33. The quantitative estimate of drug-likeness (QED) is 0.474. The van der Waals surface area contributed by atoms with Crippen molar-refractivity contribution in [2.75, 3.05) is 32.7 Å². The molecule has 6 heteroatoms. The Morgan fingerprint density at radius 2 is 2.05 bits per heavy atom. The Hall–Kier alpha value is -1.46. The molecule has 0 fully saturated rings. The Kier molecular flexibility index (Phi) is 6.45. The Morgan fingerprint density at radius 1 is 1.32 bits per heavy atom. The molecule has 1 aromatic rings. The summed E-state index contributed by atoms with van der Waals surface area (Å²) in [4.78, 5) is 11.9. The molecule has 0 saturated carbocycles. The summed E-state index contributed by atoms with van der Waals surface area (Å²) in [5.74, 6) is -0.180. The number of nitrogen functional groups attached to an aromatic ring is 1. The molecule has 0 saturated heterocycles. The molecule has 0 aliphatic carbocycles. The van der Waals surface area contributed by atoms with Crippen LogP contribution in [0.3, 0.4) is 0 Å². The van der Waals surface area contributed by atoms with Gasteiger partial charge in [-0.25, -0.2) is 4.79 Å². The molecule has 19 heavy (non-hydrogen) atoms. The predicted molar refractivity (Wildman–Crippen MR) is 73.8 cm³/mol. The van der Waals surface area contributed by atoms with Gasteiger partial charge in [0.05, 0.1) is 24.4 Å². The number of rotatable bonds is 7. The maximum atomic E-state index is 11.9. The van der Waals surface area contributed by atoms with Gasteiger partial charge in [-0.1, -0.05) is 18.5 Å². The third-order valence-electron chi connectivity index (χ3n) is 2.35. The average Bonchev–Trinajstić information content (AvgIpc) is 2.40. The van der Waals surface area contributed by atoms with E-state index in [1.54, 1.807) is 0 Å². The summed E-state index contributed by atoms with van der Waals surface area (Å²) in [6.07, 6.45) is 0.926. The van der Waals surface area contributed by atoms with Crippen molar-refractivity contribution >= 4 is 23.3 Å². The monoisotopic (exact) mass is 287 g/mol. The summed E-state index contributed by atoms with van der Waals surface area (Å²) in [6.45, 7) is 3.20. The van der Waals surface area contributed by atoms with Crippen LogP contribution < -0.4 is 10.5 Å². The second-order valence-electron chi connectivity index (χ2n) is 3.82. The standard InChI is InChI=1S/C13H18ClNO4/c1-3-4-18-5-6-19-13(16)9-7-10(14)11(15)8-12(9)17-2/h7-8H,3-6,15H2,1-2H3. The molecule has 1 aromatic carbocycles. The molecule has 0 radical (unpaired) electrons. The lowest BCUT2D eigenvalue weighted by molar-refractivity contribution is 0.0316. The first kappa shape index (κ1) is 15.6. The SMILES string of the molecule is CCCOCCOC(=O)c1cc(Cl)c(N)cc1OC. The van der Waals surface area contributed by atoms with Crippen molar-refractivity contribution < 1.29 is 19.0 Å². The first-order valence-electron chi connectivity index (χ1n) is 5.98. The molecule has 1 rings (SSSR count). The van der Waals surface area contributed by atoms with Crippen molar-refractivity contribution in [1.29, 1.82) is 0 Å². The molecular weight excluding hydrogens is 270 g/mol. The molecule has 0 unspecified atom stereocenters. The van der Waals surface area contributed by atoms with Crippen molar-refractivity contribution in [3.8, 4) is 5.75 Å². The van der Waals surface area contributed by atoms with Gasteiger partial charge in [-0.2, -0.15) is 0 Å². The number of benzene rings is 1. The van der Waals surface area contributed by atoms with Gasteiger partial charge in [-0.05, 0) is 12.5 Å². The topological polar surface area (TPSA) is 70.8 Å². The van der Waals surface area contributed by atoms with Gasteiger partial charge in [0.1, 0.15) is 17.9 Å². The second kappa shape index (κ2) is 7.86. The zero-order chi connectivity index (χ0) is 14.3. The van der Waals surface area contributed by atoms with Gasteiger partial charge in [0, 0.05) is 12.7 Å². The average molecular weight is 288 g/mol. The van der Waals surface area contributed by atoms with Crippen molar-refractivity contribution in [3.05, 3.63) is 22.7 Å². The predicted octanol–water partition coefficient (Wildman–Crippen LogP) is 2.51.